The fraction of sp³-hybridized carbons (Fsp3) is 0.447. The van der Waals surface area contributed by atoms with E-state index in [0.29, 0.717) is 6.54 Å². The summed E-state index contributed by atoms with van der Waals surface area (Å²) in [5, 5.41) is 2.56. The number of H-pyrrole nitrogens is 2. The summed E-state index contributed by atoms with van der Waals surface area (Å²) in [6.07, 6.45) is 6.59. The molecule has 2 aromatic carbocycles. The lowest BCUT2D eigenvalue weighted by atomic mass is 10.0. The first kappa shape index (κ1) is 34.9. The molecule has 12 heteroatoms. The summed E-state index contributed by atoms with van der Waals surface area (Å²) in [6.45, 7) is 10.9. The molecule has 2 saturated heterocycles. The summed E-state index contributed by atoms with van der Waals surface area (Å²) in [5.74, 6) is 1.59. The number of imidazole rings is 2. The Balaban J connectivity index is 1.10. The third kappa shape index (κ3) is 7.16. The zero-order valence-electron chi connectivity index (χ0n) is 29.6. The number of aromatic amines is 2. The first-order valence-electron chi connectivity index (χ1n) is 17.7. The van der Waals surface area contributed by atoms with Crippen LogP contribution in [0.3, 0.4) is 0 Å². The number of alkyl carbamates (subject to hydrolysis) is 1. The Hall–Kier alpha value is -4.97. The van der Waals surface area contributed by atoms with Crippen LogP contribution in [0.4, 0.5) is 4.79 Å². The summed E-state index contributed by atoms with van der Waals surface area (Å²) in [4.78, 5) is 60.4. The van der Waals surface area contributed by atoms with Crippen LogP contribution in [0.2, 0.25) is 0 Å². The van der Waals surface area contributed by atoms with Crippen molar-refractivity contribution in [2.75, 3.05) is 33.3 Å². The Labute approximate surface area is 293 Å². The maximum absolute atomic E-state index is 13.4. The van der Waals surface area contributed by atoms with Crippen molar-refractivity contribution in [1.29, 1.82) is 0 Å². The number of aromatic nitrogens is 4. The molecule has 50 heavy (non-hydrogen) atoms. The number of amides is 3. The summed E-state index contributed by atoms with van der Waals surface area (Å²) in [6, 6.07) is 15.7. The Kier molecular flexibility index (Phi) is 10.7. The maximum Gasteiger partial charge on any atom is 0.407 e. The number of carbonyl (C=O) groups excluding carboxylic acids is 3. The summed E-state index contributed by atoms with van der Waals surface area (Å²) in [7, 11) is 1.28. The summed E-state index contributed by atoms with van der Waals surface area (Å²) < 4.78 is 4.65. The predicted octanol–water partition coefficient (Wildman–Crippen LogP) is 5.94. The van der Waals surface area contributed by atoms with Gasteiger partial charge in [-0.15, -0.1) is 0 Å². The molecule has 4 aromatic rings. The van der Waals surface area contributed by atoms with E-state index in [4.69, 9.17) is 4.98 Å². The third-order valence-electron chi connectivity index (χ3n) is 10.2. The molecule has 0 radical (unpaired) electrons. The molecule has 0 saturated carbocycles. The molecular weight excluding hydrogens is 632 g/mol. The highest BCUT2D eigenvalue weighted by Gasteiger charge is 2.36. The molecule has 0 unspecified atom stereocenters. The molecule has 2 aliphatic heterocycles. The normalized spacial score (nSPS) is 18.8. The fourth-order valence-corrected chi connectivity index (χ4v) is 7.33. The van der Waals surface area contributed by atoms with Crippen LogP contribution in [0, 0.1) is 0 Å². The van der Waals surface area contributed by atoms with Gasteiger partial charge in [0.1, 0.15) is 17.7 Å². The number of hydrogen-bond acceptors (Lipinski definition) is 7. The van der Waals surface area contributed by atoms with Crippen LogP contribution in [0.15, 0.2) is 60.9 Å². The standard InChI is InChI=1S/C38H48N8O4/c1-6-44(7-2)25(4)37(48)46-21-9-11-33(46)35-40-23-31(43-35)29-18-14-27(15-19-29)26-12-16-28(17-13-26)30-22-39-34(42-30)32-10-8-20-45(32)36(47)24(3)41-38(49)50-5/h12-19,22-25,32-33H,6-11,20-21H2,1-5H3,(H,39,42)(H,40,43)(H,41,49)/t24-,25+,32-,33-/m0/s1. The van der Waals surface area contributed by atoms with Crippen molar-refractivity contribution in [1.82, 2.24) is 40.0 Å². The van der Waals surface area contributed by atoms with Gasteiger partial charge in [0, 0.05) is 13.1 Å². The van der Waals surface area contributed by atoms with Gasteiger partial charge in [0.25, 0.3) is 0 Å². The lowest BCUT2D eigenvalue weighted by molar-refractivity contribution is -0.137. The van der Waals surface area contributed by atoms with Crippen molar-refractivity contribution in [2.45, 2.75) is 77.5 Å². The topological polar surface area (TPSA) is 140 Å². The van der Waals surface area contributed by atoms with Crippen molar-refractivity contribution in [3.8, 4) is 33.6 Å². The van der Waals surface area contributed by atoms with E-state index in [9.17, 15) is 14.4 Å². The van der Waals surface area contributed by atoms with Crippen LogP contribution in [0.25, 0.3) is 33.6 Å². The molecule has 0 spiro atoms. The van der Waals surface area contributed by atoms with Gasteiger partial charge in [-0.05, 0) is 74.9 Å². The lowest BCUT2D eigenvalue weighted by Gasteiger charge is -2.31. The second kappa shape index (κ2) is 15.3. The van der Waals surface area contributed by atoms with Gasteiger partial charge in [-0.1, -0.05) is 62.4 Å². The van der Waals surface area contributed by atoms with Gasteiger partial charge in [-0.3, -0.25) is 14.5 Å². The lowest BCUT2D eigenvalue weighted by Crippen LogP contribution is -2.46. The van der Waals surface area contributed by atoms with Crippen LogP contribution < -0.4 is 5.32 Å². The highest BCUT2D eigenvalue weighted by molar-refractivity contribution is 5.86. The molecule has 0 aliphatic carbocycles. The van der Waals surface area contributed by atoms with E-state index in [2.05, 4.69) is 92.3 Å². The minimum Gasteiger partial charge on any atom is -0.453 e. The SMILES string of the molecule is CCN(CC)[C@H](C)C(=O)N1CCC[C@H]1c1ncc(-c2ccc(-c3ccc(-c4cnc([C@@H]5CCCN5C(=O)[C@H](C)NC(=O)OC)[nH]4)cc3)cc2)[nH]1. The maximum atomic E-state index is 13.4. The molecule has 12 nitrogen and oxygen atoms in total. The molecule has 2 aromatic heterocycles. The van der Waals surface area contributed by atoms with E-state index < -0.39 is 12.1 Å². The van der Waals surface area contributed by atoms with Gasteiger partial charge in [0.15, 0.2) is 0 Å². The van der Waals surface area contributed by atoms with Gasteiger partial charge in [-0.2, -0.15) is 0 Å². The number of ether oxygens (including phenoxy) is 1. The average molecular weight is 681 g/mol. The van der Waals surface area contributed by atoms with E-state index in [1.54, 1.807) is 18.0 Å². The van der Waals surface area contributed by atoms with Crippen molar-refractivity contribution < 1.29 is 19.1 Å². The van der Waals surface area contributed by atoms with Gasteiger partial charge < -0.3 is 29.8 Å². The summed E-state index contributed by atoms with van der Waals surface area (Å²) in [5.41, 5.74) is 6.03. The number of hydrogen-bond donors (Lipinski definition) is 3. The largest absolute Gasteiger partial charge is 0.453 e. The second-order valence-electron chi connectivity index (χ2n) is 13.2. The van der Waals surface area contributed by atoms with Crippen molar-refractivity contribution >= 4 is 17.9 Å². The van der Waals surface area contributed by atoms with E-state index in [0.717, 1.165) is 90.6 Å². The zero-order chi connectivity index (χ0) is 35.4. The Morgan fingerprint density at radius 2 is 1.22 bits per heavy atom. The third-order valence-corrected chi connectivity index (χ3v) is 10.2. The quantitative estimate of drug-likeness (QED) is 0.178. The van der Waals surface area contributed by atoms with Crippen molar-refractivity contribution in [3.63, 3.8) is 0 Å². The fourth-order valence-electron chi connectivity index (χ4n) is 7.33. The molecule has 3 amide bonds. The molecule has 2 aliphatic rings. The first-order chi connectivity index (χ1) is 24.2. The smallest absolute Gasteiger partial charge is 0.407 e. The number of likely N-dealkylation sites (tertiary alicyclic amines) is 2. The zero-order valence-corrected chi connectivity index (χ0v) is 29.6. The van der Waals surface area contributed by atoms with Gasteiger partial charge in [-0.25, -0.2) is 14.8 Å². The number of benzene rings is 2. The van der Waals surface area contributed by atoms with Crippen molar-refractivity contribution in [3.05, 3.63) is 72.6 Å². The van der Waals surface area contributed by atoms with E-state index >= 15 is 0 Å². The minimum absolute atomic E-state index is 0.0309. The van der Waals surface area contributed by atoms with E-state index in [-0.39, 0.29) is 29.9 Å². The molecule has 264 valence electrons. The van der Waals surface area contributed by atoms with Crippen LogP contribution in [-0.2, 0) is 14.3 Å². The van der Waals surface area contributed by atoms with E-state index in [1.165, 1.54) is 7.11 Å². The molecule has 6 rings (SSSR count). The Bertz CT molecular complexity index is 1780. The Morgan fingerprint density at radius 3 is 1.66 bits per heavy atom. The highest BCUT2D eigenvalue weighted by Crippen LogP contribution is 2.34. The number of nitrogens with one attached hydrogen (secondary N) is 3. The highest BCUT2D eigenvalue weighted by atomic mass is 16.5. The monoisotopic (exact) mass is 680 g/mol. The molecule has 4 atom stereocenters. The molecular formula is C38H48N8O4. The van der Waals surface area contributed by atoms with Crippen LogP contribution in [-0.4, -0.2) is 97.9 Å². The number of rotatable bonds is 11. The minimum atomic E-state index is -0.692. The van der Waals surface area contributed by atoms with Crippen molar-refractivity contribution in [2.24, 2.45) is 0 Å². The second-order valence-corrected chi connectivity index (χ2v) is 13.2. The van der Waals surface area contributed by atoms with Crippen LogP contribution >= 0.6 is 0 Å². The number of carbonyl (C=O) groups is 3. The Morgan fingerprint density at radius 1 is 0.780 bits per heavy atom. The molecule has 3 N–H and O–H groups in total. The average Bonchev–Trinajstić information content (AvgIpc) is 3.98. The number of methoxy groups -OCH3 is 1. The molecule has 0 bridgehead atoms. The molecule has 2 fully saturated rings. The van der Waals surface area contributed by atoms with E-state index in [1.807, 2.05) is 18.0 Å². The summed E-state index contributed by atoms with van der Waals surface area (Å²) >= 11 is 0. The van der Waals surface area contributed by atoms with Gasteiger partial charge >= 0.3 is 6.09 Å². The van der Waals surface area contributed by atoms with Crippen LogP contribution in [0.5, 0.6) is 0 Å². The van der Waals surface area contributed by atoms with Gasteiger partial charge in [0.2, 0.25) is 11.8 Å². The number of likely N-dealkylation sites (N-methyl/N-ethyl adjacent to an activating group) is 1. The predicted molar refractivity (Wildman–Crippen MR) is 192 cm³/mol. The number of nitrogens with zero attached hydrogens (tertiary/aromatic N) is 5. The molecule has 4 heterocycles. The first-order valence-corrected chi connectivity index (χ1v) is 17.7. The van der Waals surface area contributed by atoms with Crippen LogP contribution in [0.1, 0.15) is 77.1 Å². The van der Waals surface area contributed by atoms with Gasteiger partial charge in [0.05, 0.1) is 49.0 Å².